The Morgan fingerprint density at radius 3 is 2.46 bits per heavy atom. The molecule has 0 radical (unpaired) electrons. The summed E-state index contributed by atoms with van der Waals surface area (Å²) in [4.78, 5) is 26.9. The summed E-state index contributed by atoms with van der Waals surface area (Å²) in [7, 11) is 3.93. The predicted octanol–water partition coefficient (Wildman–Crippen LogP) is 4.32. The maximum Gasteiger partial charge on any atom is 0.287 e. The Kier molecular flexibility index (Phi) is 7.41. The smallest absolute Gasteiger partial charge is 0.287 e. The van der Waals surface area contributed by atoms with Gasteiger partial charge < -0.3 is 14.6 Å². The summed E-state index contributed by atoms with van der Waals surface area (Å²) in [5.74, 6) is -0.403. The third-order valence-corrected chi connectivity index (χ3v) is 4.95. The van der Waals surface area contributed by atoms with Crippen LogP contribution in [0.4, 0.5) is 0 Å². The van der Waals surface area contributed by atoms with E-state index in [2.05, 4.69) is 33.4 Å². The van der Waals surface area contributed by atoms with Crippen molar-refractivity contribution in [2.45, 2.75) is 13.0 Å². The summed E-state index contributed by atoms with van der Waals surface area (Å²) in [5, 5.41) is 3.32. The number of aryl methyl sites for hydroxylation is 1. The van der Waals surface area contributed by atoms with E-state index in [0.717, 1.165) is 10.0 Å². The van der Waals surface area contributed by atoms with Gasteiger partial charge in [-0.05, 0) is 44.8 Å². The zero-order valence-electron chi connectivity index (χ0n) is 15.9. The van der Waals surface area contributed by atoms with Gasteiger partial charge in [-0.3, -0.25) is 9.59 Å². The standard InChI is InChI=1S/C21H21BrN2O3.ClH/c1-13-4-6-14(7-5-13)17(24(2)3)12-23-21(26)20-11-18(25)16-9-8-15(22)10-19(16)27-20;/h4-11,17H,12H2,1-3H3,(H,23,26);1H. The number of carbonyl (C=O) groups is 1. The maximum atomic E-state index is 12.6. The second kappa shape index (κ2) is 9.37. The number of nitrogens with zero attached hydrogens (tertiary/aromatic N) is 1. The van der Waals surface area contributed by atoms with E-state index in [1.54, 1.807) is 18.2 Å². The van der Waals surface area contributed by atoms with E-state index >= 15 is 0 Å². The van der Waals surface area contributed by atoms with Crippen LogP contribution in [0.1, 0.15) is 27.7 Å². The highest BCUT2D eigenvalue weighted by Gasteiger charge is 2.18. The van der Waals surface area contributed by atoms with Gasteiger partial charge in [0.15, 0.2) is 11.2 Å². The van der Waals surface area contributed by atoms with Gasteiger partial charge in [0.25, 0.3) is 5.91 Å². The van der Waals surface area contributed by atoms with Crippen molar-refractivity contribution >= 4 is 45.2 Å². The number of fused-ring (bicyclic) bond motifs is 1. The lowest BCUT2D eigenvalue weighted by molar-refractivity contribution is 0.0914. The summed E-state index contributed by atoms with van der Waals surface area (Å²) in [6.07, 6.45) is 0. The lowest BCUT2D eigenvalue weighted by Crippen LogP contribution is -2.34. The van der Waals surface area contributed by atoms with E-state index in [9.17, 15) is 9.59 Å². The van der Waals surface area contributed by atoms with Crippen molar-refractivity contribution < 1.29 is 9.21 Å². The van der Waals surface area contributed by atoms with Gasteiger partial charge >= 0.3 is 0 Å². The van der Waals surface area contributed by atoms with Crippen molar-refractivity contribution in [2.24, 2.45) is 0 Å². The highest BCUT2D eigenvalue weighted by Crippen LogP contribution is 2.20. The molecule has 1 amide bonds. The molecule has 3 rings (SSSR count). The third-order valence-electron chi connectivity index (χ3n) is 4.46. The molecule has 0 bridgehead atoms. The Bertz CT molecular complexity index is 1030. The summed E-state index contributed by atoms with van der Waals surface area (Å²) in [6, 6.07) is 14.6. The second-order valence-corrected chi connectivity index (χ2v) is 7.63. The number of amides is 1. The van der Waals surface area contributed by atoms with Crippen molar-refractivity contribution in [3.63, 3.8) is 0 Å². The van der Waals surface area contributed by atoms with Gasteiger partial charge in [-0.15, -0.1) is 12.4 Å². The fourth-order valence-electron chi connectivity index (χ4n) is 2.90. The molecule has 0 aliphatic rings. The fourth-order valence-corrected chi connectivity index (χ4v) is 3.24. The third kappa shape index (κ3) is 5.01. The minimum atomic E-state index is -0.409. The fraction of sp³-hybridized carbons (Fsp3) is 0.238. The van der Waals surface area contributed by atoms with E-state index in [0.29, 0.717) is 17.5 Å². The summed E-state index contributed by atoms with van der Waals surface area (Å²) >= 11 is 3.35. The Balaban J connectivity index is 0.00000280. The molecular weight excluding hydrogens is 444 g/mol. The van der Waals surface area contributed by atoms with Crippen molar-refractivity contribution in [2.75, 3.05) is 20.6 Å². The Labute approximate surface area is 178 Å². The van der Waals surface area contributed by atoms with E-state index in [-0.39, 0.29) is 29.6 Å². The summed E-state index contributed by atoms with van der Waals surface area (Å²) in [5.41, 5.74) is 2.43. The van der Waals surface area contributed by atoms with Crippen LogP contribution in [-0.2, 0) is 0 Å². The van der Waals surface area contributed by atoms with Crippen LogP contribution < -0.4 is 10.7 Å². The van der Waals surface area contributed by atoms with Crippen LogP contribution in [0, 0.1) is 6.92 Å². The van der Waals surface area contributed by atoms with Gasteiger partial charge in [-0.1, -0.05) is 45.8 Å². The van der Waals surface area contributed by atoms with Crippen LogP contribution in [0.15, 0.2) is 62.2 Å². The van der Waals surface area contributed by atoms with Crippen LogP contribution >= 0.6 is 28.3 Å². The first-order chi connectivity index (χ1) is 12.8. The van der Waals surface area contributed by atoms with Gasteiger partial charge in [0.2, 0.25) is 0 Å². The highest BCUT2D eigenvalue weighted by atomic mass is 79.9. The molecule has 28 heavy (non-hydrogen) atoms. The molecule has 1 aromatic heterocycles. The number of benzene rings is 2. The number of halogens is 2. The zero-order chi connectivity index (χ0) is 19.6. The van der Waals surface area contributed by atoms with Gasteiger partial charge in [0.1, 0.15) is 5.58 Å². The maximum absolute atomic E-state index is 12.6. The predicted molar refractivity (Wildman–Crippen MR) is 117 cm³/mol. The summed E-state index contributed by atoms with van der Waals surface area (Å²) in [6.45, 7) is 2.44. The van der Waals surface area contributed by atoms with Crippen LogP contribution in [0.3, 0.4) is 0 Å². The molecule has 0 aliphatic carbocycles. The second-order valence-electron chi connectivity index (χ2n) is 6.72. The van der Waals surface area contributed by atoms with Crippen LogP contribution in [-0.4, -0.2) is 31.4 Å². The van der Waals surface area contributed by atoms with Crippen LogP contribution in [0.25, 0.3) is 11.0 Å². The van der Waals surface area contributed by atoms with Crippen LogP contribution in [0.5, 0.6) is 0 Å². The average Bonchev–Trinajstić information content (AvgIpc) is 2.62. The van der Waals surface area contributed by atoms with Crippen molar-refractivity contribution in [1.82, 2.24) is 10.2 Å². The summed E-state index contributed by atoms with van der Waals surface area (Å²) < 4.78 is 6.42. The minimum Gasteiger partial charge on any atom is -0.451 e. The monoisotopic (exact) mass is 464 g/mol. The number of carbonyl (C=O) groups excluding carboxylic acids is 1. The molecule has 0 saturated carbocycles. The van der Waals surface area contributed by atoms with Gasteiger partial charge in [0, 0.05) is 17.1 Å². The van der Waals surface area contributed by atoms with Gasteiger partial charge in [0.05, 0.1) is 11.4 Å². The SMILES string of the molecule is Cc1ccc(C(CNC(=O)c2cc(=O)c3ccc(Br)cc3o2)N(C)C)cc1.Cl. The molecule has 0 spiro atoms. The van der Waals surface area contributed by atoms with E-state index in [4.69, 9.17) is 4.42 Å². The number of nitrogens with one attached hydrogen (secondary N) is 1. The Hall–Kier alpha value is -2.15. The zero-order valence-corrected chi connectivity index (χ0v) is 18.3. The molecule has 7 heteroatoms. The Morgan fingerprint density at radius 1 is 1.14 bits per heavy atom. The highest BCUT2D eigenvalue weighted by molar-refractivity contribution is 9.10. The molecule has 0 fully saturated rings. The molecule has 0 aliphatic heterocycles. The Morgan fingerprint density at radius 2 is 1.82 bits per heavy atom. The number of rotatable bonds is 5. The lowest BCUT2D eigenvalue weighted by Gasteiger charge is -2.25. The molecule has 1 unspecified atom stereocenters. The largest absolute Gasteiger partial charge is 0.451 e. The van der Waals surface area contributed by atoms with Gasteiger partial charge in [-0.2, -0.15) is 0 Å². The number of hydrogen-bond acceptors (Lipinski definition) is 4. The molecule has 5 nitrogen and oxygen atoms in total. The topological polar surface area (TPSA) is 62.6 Å². The van der Waals surface area contributed by atoms with E-state index in [1.807, 2.05) is 38.1 Å². The van der Waals surface area contributed by atoms with Crippen molar-refractivity contribution in [1.29, 1.82) is 0 Å². The van der Waals surface area contributed by atoms with Crippen molar-refractivity contribution in [3.05, 3.63) is 80.1 Å². The number of hydrogen-bond donors (Lipinski definition) is 1. The molecule has 3 aromatic rings. The molecule has 1 N–H and O–H groups in total. The van der Waals surface area contributed by atoms with Crippen molar-refractivity contribution in [3.8, 4) is 0 Å². The molecule has 148 valence electrons. The minimum absolute atomic E-state index is 0. The molecule has 0 saturated heterocycles. The molecule has 1 heterocycles. The van der Waals surface area contributed by atoms with Gasteiger partial charge in [-0.25, -0.2) is 0 Å². The number of likely N-dealkylation sites (N-methyl/N-ethyl adjacent to an activating group) is 1. The quantitative estimate of drug-likeness (QED) is 0.610. The van der Waals surface area contributed by atoms with E-state index in [1.165, 1.54) is 11.6 Å². The molecular formula is C21H22BrClN2O3. The lowest BCUT2D eigenvalue weighted by atomic mass is 10.0. The molecule has 1 atom stereocenters. The average molecular weight is 466 g/mol. The molecule has 2 aromatic carbocycles. The van der Waals surface area contributed by atoms with E-state index < -0.39 is 5.91 Å². The van der Waals surface area contributed by atoms with Crippen LogP contribution in [0.2, 0.25) is 0 Å². The first-order valence-corrected chi connectivity index (χ1v) is 9.39. The first kappa shape index (κ1) is 22.1. The first-order valence-electron chi connectivity index (χ1n) is 8.60. The normalized spacial score (nSPS) is 11.9.